The second-order valence-electron chi connectivity index (χ2n) is 6.93. The molecule has 1 aromatic heterocycles. The monoisotopic (exact) mass is 343 g/mol. The van der Waals surface area contributed by atoms with Crippen molar-refractivity contribution in [3.63, 3.8) is 0 Å². The molecule has 0 radical (unpaired) electrons. The summed E-state index contributed by atoms with van der Waals surface area (Å²) in [6.07, 6.45) is 1.92. The molecule has 0 saturated carbocycles. The van der Waals surface area contributed by atoms with Gasteiger partial charge in [0.25, 0.3) is 0 Å². The first-order valence-electron chi connectivity index (χ1n) is 8.88. The smallest absolute Gasteiger partial charge is 0.221 e. The summed E-state index contributed by atoms with van der Waals surface area (Å²) < 4.78 is 0. The average Bonchev–Trinajstić information content (AvgIpc) is 2.59. The summed E-state index contributed by atoms with van der Waals surface area (Å²) in [4.78, 5) is 18.1. The van der Waals surface area contributed by atoms with Gasteiger partial charge in [-0.15, -0.1) is 0 Å². The van der Waals surface area contributed by atoms with Gasteiger partial charge in [-0.2, -0.15) is 0 Å². The van der Waals surface area contributed by atoms with Crippen LogP contribution in [-0.2, 0) is 11.3 Å². The molecule has 0 aliphatic carbocycles. The van der Waals surface area contributed by atoms with Crippen LogP contribution in [0.1, 0.15) is 39.3 Å². The van der Waals surface area contributed by atoms with Crippen LogP contribution < -0.4 is 5.32 Å². The molecule has 0 fully saturated rings. The standard InChI is InChI=1S/C20H29N3O2/c1-5-20(6-2,14-24)13-23(4)12-18-8-7-16-11-17(21-15(3)25)9-10-19(16)22-18/h7-11,24H,5-6,12-14H2,1-4H3,(H,21,25). The van der Waals surface area contributed by atoms with Crippen LogP contribution in [-0.4, -0.2) is 41.1 Å². The highest BCUT2D eigenvalue weighted by molar-refractivity contribution is 5.92. The molecule has 25 heavy (non-hydrogen) atoms. The number of hydrogen-bond donors (Lipinski definition) is 2. The zero-order valence-electron chi connectivity index (χ0n) is 15.7. The Morgan fingerprint density at radius 1 is 1.24 bits per heavy atom. The first-order chi connectivity index (χ1) is 11.9. The molecule has 2 rings (SSSR count). The lowest BCUT2D eigenvalue weighted by Gasteiger charge is -2.33. The van der Waals surface area contributed by atoms with Crippen molar-refractivity contribution in [2.45, 2.75) is 40.2 Å². The molecule has 136 valence electrons. The highest BCUT2D eigenvalue weighted by atomic mass is 16.3. The van der Waals surface area contributed by atoms with Gasteiger partial charge in [0, 0.05) is 43.1 Å². The molecule has 0 saturated heterocycles. The Hall–Kier alpha value is -1.98. The summed E-state index contributed by atoms with van der Waals surface area (Å²) in [7, 11) is 2.07. The Morgan fingerprint density at radius 2 is 1.96 bits per heavy atom. The minimum Gasteiger partial charge on any atom is -0.396 e. The third-order valence-corrected chi connectivity index (χ3v) is 4.94. The Labute approximate surface area is 150 Å². The van der Waals surface area contributed by atoms with Crippen LogP contribution in [0.2, 0.25) is 0 Å². The summed E-state index contributed by atoms with van der Waals surface area (Å²) in [5.74, 6) is -0.0789. The molecular weight excluding hydrogens is 314 g/mol. The van der Waals surface area contributed by atoms with Gasteiger partial charge in [0.2, 0.25) is 5.91 Å². The van der Waals surface area contributed by atoms with Gasteiger partial charge in [-0.25, -0.2) is 0 Å². The summed E-state index contributed by atoms with van der Waals surface area (Å²) in [5.41, 5.74) is 2.66. The Balaban J connectivity index is 2.12. The van der Waals surface area contributed by atoms with Crippen molar-refractivity contribution >= 4 is 22.5 Å². The molecule has 1 aromatic carbocycles. The van der Waals surface area contributed by atoms with Gasteiger partial charge in [0.15, 0.2) is 0 Å². The quantitative estimate of drug-likeness (QED) is 0.771. The molecule has 0 atom stereocenters. The molecule has 0 aliphatic heterocycles. The zero-order chi connectivity index (χ0) is 18.4. The van der Waals surface area contributed by atoms with Crippen molar-refractivity contribution < 1.29 is 9.90 Å². The maximum atomic E-state index is 11.2. The maximum Gasteiger partial charge on any atom is 0.221 e. The van der Waals surface area contributed by atoms with Crippen molar-refractivity contribution in [1.82, 2.24) is 9.88 Å². The fourth-order valence-electron chi connectivity index (χ4n) is 3.19. The van der Waals surface area contributed by atoms with Crippen molar-refractivity contribution in [1.29, 1.82) is 0 Å². The van der Waals surface area contributed by atoms with E-state index in [-0.39, 0.29) is 17.9 Å². The summed E-state index contributed by atoms with van der Waals surface area (Å²) in [6.45, 7) is 7.56. The van der Waals surface area contributed by atoms with Gasteiger partial charge < -0.3 is 10.4 Å². The SMILES string of the molecule is CCC(CC)(CO)CN(C)Cc1ccc2cc(NC(C)=O)ccc2n1. The number of nitrogens with zero attached hydrogens (tertiary/aromatic N) is 2. The number of pyridine rings is 1. The first-order valence-corrected chi connectivity index (χ1v) is 8.88. The van der Waals surface area contributed by atoms with Crippen LogP contribution in [0.25, 0.3) is 10.9 Å². The number of nitrogens with one attached hydrogen (secondary N) is 1. The summed E-state index contributed by atoms with van der Waals surface area (Å²) >= 11 is 0. The lowest BCUT2D eigenvalue weighted by Crippen LogP contribution is -2.37. The second kappa shape index (κ2) is 8.41. The van der Waals surface area contributed by atoms with Crippen LogP contribution in [0.3, 0.4) is 0 Å². The van der Waals surface area contributed by atoms with E-state index >= 15 is 0 Å². The van der Waals surface area contributed by atoms with E-state index < -0.39 is 0 Å². The summed E-state index contributed by atoms with van der Waals surface area (Å²) in [6, 6.07) is 9.79. The number of carbonyl (C=O) groups is 1. The maximum absolute atomic E-state index is 11.2. The predicted molar refractivity (Wildman–Crippen MR) is 102 cm³/mol. The van der Waals surface area contributed by atoms with Crippen LogP contribution in [0.15, 0.2) is 30.3 Å². The molecule has 0 unspecified atom stereocenters. The Bertz CT molecular complexity index is 718. The van der Waals surface area contributed by atoms with Crippen molar-refractivity contribution in [3.8, 4) is 0 Å². The van der Waals surface area contributed by atoms with Gasteiger partial charge in [0.1, 0.15) is 0 Å². The first kappa shape index (κ1) is 19.3. The molecule has 2 aromatic rings. The zero-order valence-corrected chi connectivity index (χ0v) is 15.7. The Kier molecular flexibility index (Phi) is 6.51. The van der Waals surface area contributed by atoms with Crippen LogP contribution in [0, 0.1) is 5.41 Å². The number of hydrogen-bond acceptors (Lipinski definition) is 4. The average molecular weight is 343 g/mol. The fraction of sp³-hybridized carbons (Fsp3) is 0.500. The number of aliphatic hydroxyl groups is 1. The molecule has 1 heterocycles. The largest absolute Gasteiger partial charge is 0.396 e. The molecule has 0 bridgehead atoms. The predicted octanol–water partition coefficient (Wildman–Crippen LogP) is 3.42. The number of aliphatic hydroxyl groups excluding tert-OH is 1. The lowest BCUT2D eigenvalue weighted by molar-refractivity contribution is -0.114. The van der Waals surface area contributed by atoms with E-state index in [9.17, 15) is 9.90 Å². The second-order valence-corrected chi connectivity index (χ2v) is 6.93. The van der Waals surface area contributed by atoms with Crippen LogP contribution in [0.4, 0.5) is 5.69 Å². The van der Waals surface area contributed by atoms with E-state index in [1.165, 1.54) is 6.92 Å². The minimum atomic E-state index is -0.0789. The summed E-state index contributed by atoms with van der Waals surface area (Å²) in [5, 5.41) is 13.5. The number of carbonyl (C=O) groups excluding carboxylic acids is 1. The Morgan fingerprint density at radius 3 is 2.56 bits per heavy atom. The molecule has 5 nitrogen and oxygen atoms in total. The minimum absolute atomic E-state index is 0.0428. The highest BCUT2D eigenvalue weighted by Crippen LogP contribution is 2.27. The number of fused-ring (bicyclic) bond motifs is 1. The van der Waals surface area contributed by atoms with Crippen LogP contribution in [0.5, 0.6) is 0 Å². The molecule has 0 spiro atoms. The molecule has 5 heteroatoms. The lowest BCUT2D eigenvalue weighted by atomic mass is 9.83. The van der Waals surface area contributed by atoms with E-state index in [4.69, 9.17) is 4.98 Å². The van der Waals surface area contributed by atoms with E-state index in [1.807, 2.05) is 30.3 Å². The topological polar surface area (TPSA) is 65.5 Å². The van der Waals surface area contributed by atoms with E-state index in [0.29, 0.717) is 0 Å². The fourth-order valence-corrected chi connectivity index (χ4v) is 3.19. The number of anilines is 1. The van der Waals surface area contributed by atoms with Gasteiger partial charge >= 0.3 is 0 Å². The number of rotatable bonds is 8. The van der Waals surface area contributed by atoms with E-state index in [2.05, 4.69) is 31.1 Å². The third kappa shape index (κ3) is 5.00. The normalized spacial score (nSPS) is 11.9. The molecule has 2 N–H and O–H groups in total. The molecular formula is C20H29N3O2. The van der Waals surface area contributed by atoms with E-state index in [0.717, 1.165) is 48.2 Å². The number of amides is 1. The number of aromatic nitrogens is 1. The molecule has 1 amide bonds. The van der Waals surface area contributed by atoms with Crippen molar-refractivity contribution in [2.75, 3.05) is 25.5 Å². The van der Waals surface area contributed by atoms with Gasteiger partial charge in [-0.3, -0.25) is 14.7 Å². The van der Waals surface area contributed by atoms with Gasteiger partial charge in [-0.05, 0) is 44.2 Å². The van der Waals surface area contributed by atoms with Crippen molar-refractivity contribution in [3.05, 3.63) is 36.0 Å². The van der Waals surface area contributed by atoms with Crippen LogP contribution >= 0.6 is 0 Å². The van der Waals surface area contributed by atoms with Crippen molar-refractivity contribution in [2.24, 2.45) is 5.41 Å². The number of benzene rings is 1. The highest BCUT2D eigenvalue weighted by Gasteiger charge is 2.26. The van der Waals surface area contributed by atoms with E-state index in [1.54, 1.807) is 0 Å². The third-order valence-electron chi connectivity index (χ3n) is 4.94. The van der Waals surface area contributed by atoms with Gasteiger partial charge in [-0.1, -0.05) is 19.9 Å². The van der Waals surface area contributed by atoms with Gasteiger partial charge in [0.05, 0.1) is 11.2 Å². The molecule has 0 aliphatic rings.